The van der Waals surface area contributed by atoms with Crippen LogP contribution in [0.3, 0.4) is 0 Å². The molecular weight excluding hydrogens is 350 g/mol. The van der Waals surface area contributed by atoms with Gasteiger partial charge in [-0.15, -0.1) is 0 Å². The highest BCUT2D eigenvalue weighted by atomic mass is 14.9. The first-order chi connectivity index (χ1) is 14.2. The Morgan fingerprint density at radius 1 is 0.621 bits per heavy atom. The van der Waals surface area contributed by atoms with E-state index in [0.29, 0.717) is 0 Å². The average molecular weight is 372 g/mol. The summed E-state index contributed by atoms with van der Waals surface area (Å²) in [5.41, 5.74) is 9.77. The van der Waals surface area contributed by atoms with Gasteiger partial charge in [-0.3, -0.25) is 0 Å². The van der Waals surface area contributed by atoms with Crippen LogP contribution in [0.4, 0.5) is 0 Å². The summed E-state index contributed by atoms with van der Waals surface area (Å²) in [7, 11) is 2.15. The zero-order chi connectivity index (χ0) is 19.5. The summed E-state index contributed by atoms with van der Waals surface area (Å²) in [4.78, 5) is 0. The fraction of sp³-hybridized carbons (Fsp3) is 0.107. The van der Waals surface area contributed by atoms with E-state index in [9.17, 15) is 0 Å². The molecule has 1 heterocycles. The van der Waals surface area contributed by atoms with Crippen LogP contribution in [0.25, 0.3) is 43.9 Å². The van der Waals surface area contributed by atoms with E-state index in [4.69, 9.17) is 0 Å². The summed E-state index contributed by atoms with van der Waals surface area (Å²) >= 11 is 0. The average Bonchev–Trinajstić information content (AvgIpc) is 3.15. The Kier molecular flexibility index (Phi) is 3.43. The third-order valence-electron chi connectivity index (χ3n) is 6.58. The second kappa shape index (κ2) is 6.02. The molecule has 0 radical (unpaired) electrons. The standard InChI is InChI=1S/C28H22N/c1-18-21(28-23-10-6-4-8-20(23)15-16-29(28)2)13-14-24-25-12-11-19-7-3-5-9-22(19)27(25)17-26(18)24/h3-16H,17H2,1-2H3/q+1. The number of pyridine rings is 1. The SMILES string of the molecule is Cc1c(-c2c3ccccc3cc[n+]2C)ccc2c1Cc1c-2ccc2ccccc12. The fourth-order valence-electron chi connectivity index (χ4n) is 5.10. The number of nitrogens with zero attached hydrogens (tertiary/aromatic N) is 1. The molecule has 0 N–H and O–H groups in total. The summed E-state index contributed by atoms with van der Waals surface area (Å²) in [6.07, 6.45) is 3.19. The lowest BCUT2D eigenvalue weighted by Gasteiger charge is -2.12. The Morgan fingerprint density at radius 3 is 2.07 bits per heavy atom. The molecule has 4 aromatic carbocycles. The highest BCUT2D eigenvalue weighted by molar-refractivity contribution is 5.98. The minimum absolute atomic E-state index is 1.01. The number of aromatic nitrogens is 1. The van der Waals surface area contributed by atoms with Crippen molar-refractivity contribution in [3.63, 3.8) is 0 Å². The van der Waals surface area contributed by atoms with Gasteiger partial charge in [0.2, 0.25) is 5.69 Å². The van der Waals surface area contributed by atoms with Crippen molar-refractivity contribution in [3.05, 3.63) is 102 Å². The molecule has 1 aromatic heterocycles. The molecule has 1 aliphatic rings. The molecule has 0 bridgehead atoms. The van der Waals surface area contributed by atoms with Crippen molar-refractivity contribution >= 4 is 21.5 Å². The van der Waals surface area contributed by atoms with Gasteiger partial charge in [0.15, 0.2) is 6.20 Å². The van der Waals surface area contributed by atoms with Crippen LogP contribution in [0.5, 0.6) is 0 Å². The Morgan fingerprint density at radius 2 is 1.24 bits per heavy atom. The number of fused-ring (bicyclic) bond motifs is 6. The normalized spacial score (nSPS) is 12.3. The third kappa shape index (κ3) is 2.31. The molecule has 138 valence electrons. The van der Waals surface area contributed by atoms with E-state index in [-0.39, 0.29) is 0 Å². The minimum atomic E-state index is 1.01. The van der Waals surface area contributed by atoms with Gasteiger partial charge in [-0.05, 0) is 69.5 Å². The van der Waals surface area contributed by atoms with Crippen LogP contribution in [0.1, 0.15) is 16.7 Å². The lowest BCUT2D eigenvalue weighted by molar-refractivity contribution is -0.659. The molecule has 0 unspecified atom stereocenters. The summed E-state index contributed by atoms with van der Waals surface area (Å²) in [5.74, 6) is 0. The Balaban J connectivity index is 1.60. The maximum absolute atomic E-state index is 2.33. The molecule has 0 atom stereocenters. The van der Waals surface area contributed by atoms with E-state index in [1.807, 2.05) is 0 Å². The topological polar surface area (TPSA) is 3.88 Å². The molecule has 0 amide bonds. The van der Waals surface area contributed by atoms with Gasteiger partial charge < -0.3 is 0 Å². The number of hydrogen-bond acceptors (Lipinski definition) is 0. The van der Waals surface area contributed by atoms with E-state index in [0.717, 1.165) is 6.42 Å². The predicted molar refractivity (Wildman–Crippen MR) is 121 cm³/mol. The molecule has 1 nitrogen and oxygen atoms in total. The maximum atomic E-state index is 2.33. The van der Waals surface area contributed by atoms with E-state index < -0.39 is 0 Å². The van der Waals surface area contributed by atoms with Crippen molar-refractivity contribution < 1.29 is 4.57 Å². The van der Waals surface area contributed by atoms with Gasteiger partial charge >= 0.3 is 0 Å². The zero-order valence-corrected chi connectivity index (χ0v) is 16.7. The third-order valence-corrected chi connectivity index (χ3v) is 6.58. The van der Waals surface area contributed by atoms with Crippen LogP contribution >= 0.6 is 0 Å². The smallest absolute Gasteiger partial charge is 0.200 e. The molecule has 0 fully saturated rings. The molecule has 1 aliphatic carbocycles. The quantitative estimate of drug-likeness (QED) is 0.296. The number of rotatable bonds is 1. The van der Waals surface area contributed by atoms with Crippen LogP contribution in [-0.2, 0) is 13.5 Å². The van der Waals surface area contributed by atoms with Crippen molar-refractivity contribution in [2.75, 3.05) is 0 Å². The van der Waals surface area contributed by atoms with E-state index in [1.165, 1.54) is 60.6 Å². The van der Waals surface area contributed by atoms with Crippen molar-refractivity contribution in [2.45, 2.75) is 13.3 Å². The van der Waals surface area contributed by atoms with Crippen molar-refractivity contribution in [3.8, 4) is 22.4 Å². The van der Waals surface area contributed by atoms with Gasteiger partial charge in [0.05, 0.1) is 10.9 Å². The first-order valence-corrected chi connectivity index (χ1v) is 10.2. The van der Waals surface area contributed by atoms with Gasteiger partial charge in [-0.25, -0.2) is 4.57 Å². The van der Waals surface area contributed by atoms with Crippen LogP contribution < -0.4 is 4.57 Å². The summed E-state index contributed by atoms with van der Waals surface area (Å²) in [5, 5.41) is 5.31. The number of aryl methyl sites for hydroxylation is 1. The number of hydrogen-bond donors (Lipinski definition) is 0. The van der Waals surface area contributed by atoms with Gasteiger partial charge in [0.1, 0.15) is 7.05 Å². The molecular formula is C28H22N+. The maximum Gasteiger partial charge on any atom is 0.220 e. The second-order valence-electron chi connectivity index (χ2n) is 8.12. The van der Waals surface area contributed by atoms with E-state index in [1.54, 1.807) is 0 Å². The van der Waals surface area contributed by atoms with Gasteiger partial charge in [-0.1, -0.05) is 60.7 Å². The van der Waals surface area contributed by atoms with Crippen molar-refractivity contribution in [1.29, 1.82) is 0 Å². The Hall–Kier alpha value is -3.45. The van der Waals surface area contributed by atoms with Crippen LogP contribution in [0, 0.1) is 6.92 Å². The van der Waals surface area contributed by atoms with Crippen molar-refractivity contribution in [1.82, 2.24) is 0 Å². The molecule has 0 saturated carbocycles. The zero-order valence-electron chi connectivity index (χ0n) is 16.7. The predicted octanol–water partition coefficient (Wildman–Crippen LogP) is 6.36. The molecule has 6 rings (SSSR count). The highest BCUT2D eigenvalue weighted by Gasteiger charge is 2.26. The summed E-state index contributed by atoms with van der Waals surface area (Å²) in [6, 6.07) is 28.9. The highest BCUT2D eigenvalue weighted by Crippen LogP contribution is 2.44. The molecule has 5 aromatic rings. The number of benzene rings is 4. The first-order valence-electron chi connectivity index (χ1n) is 10.2. The summed E-state index contributed by atoms with van der Waals surface area (Å²) < 4.78 is 2.26. The van der Waals surface area contributed by atoms with Gasteiger partial charge in [0, 0.05) is 6.07 Å². The van der Waals surface area contributed by atoms with Gasteiger partial charge in [-0.2, -0.15) is 0 Å². The Labute approximate surface area is 170 Å². The summed E-state index contributed by atoms with van der Waals surface area (Å²) in [6.45, 7) is 2.30. The molecule has 29 heavy (non-hydrogen) atoms. The fourth-order valence-corrected chi connectivity index (χ4v) is 5.10. The van der Waals surface area contributed by atoms with Gasteiger partial charge in [0.25, 0.3) is 0 Å². The minimum Gasteiger partial charge on any atom is -0.200 e. The largest absolute Gasteiger partial charge is 0.220 e. The van der Waals surface area contributed by atoms with Crippen LogP contribution in [0.2, 0.25) is 0 Å². The Bertz CT molecular complexity index is 1440. The lowest BCUT2D eigenvalue weighted by Crippen LogP contribution is -2.30. The molecule has 0 aliphatic heterocycles. The lowest BCUT2D eigenvalue weighted by atomic mass is 9.93. The van der Waals surface area contributed by atoms with E-state index >= 15 is 0 Å². The van der Waals surface area contributed by atoms with Crippen molar-refractivity contribution in [2.24, 2.45) is 7.05 Å². The molecule has 1 heteroatoms. The second-order valence-corrected chi connectivity index (χ2v) is 8.12. The van der Waals surface area contributed by atoms with E-state index in [2.05, 4.69) is 104 Å². The van der Waals surface area contributed by atoms with Crippen LogP contribution in [0.15, 0.2) is 85.1 Å². The monoisotopic (exact) mass is 372 g/mol. The molecule has 0 spiro atoms. The van der Waals surface area contributed by atoms with Crippen LogP contribution in [-0.4, -0.2) is 0 Å². The molecule has 0 saturated heterocycles. The first kappa shape index (κ1) is 16.5.